The van der Waals surface area contributed by atoms with Crippen LogP contribution in [-0.2, 0) is 0 Å². The van der Waals surface area contributed by atoms with Gasteiger partial charge in [-0.05, 0) is 43.1 Å². The highest BCUT2D eigenvalue weighted by Gasteiger charge is 2.31. The molecule has 74 valence electrons. The number of benzene rings is 1. The van der Waals surface area contributed by atoms with E-state index in [-0.39, 0.29) is 0 Å². The van der Waals surface area contributed by atoms with Crippen molar-refractivity contribution >= 4 is 0 Å². The summed E-state index contributed by atoms with van der Waals surface area (Å²) >= 11 is 0. The fourth-order valence-corrected chi connectivity index (χ4v) is 2.17. The van der Waals surface area contributed by atoms with Gasteiger partial charge in [0.15, 0.2) is 0 Å². The van der Waals surface area contributed by atoms with Crippen molar-refractivity contribution in [3.8, 4) is 0 Å². The number of hydrogen-bond donors (Lipinski definition) is 0. The Balaban J connectivity index is 2.06. The highest BCUT2D eigenvalue weighted by Crippen LogP contribution is 2.44. The molecule has 1 aliphatic carbocycles. The van der Waals surface area contributed by atoms with Crippen LogP contribution >= 0.6 is 0 Å². The van der Waals surface area contributed by atoms with Gasteiger partial charge in [0.25, 0.3) is 0 Å². The normalized spacial score (nSPS) is 17.7. The molecule has 2 rings (SSSR count). The first-order chi connectivity index (χ1) is 6.92. The summed E-state index contributed by atoms with van der Waals surface area (Å²) in [5.41, 5.74) is 1.52. The minimum atomic E-state index is 0.786. The Morgan fingerprint density at radius 1 is 1.29 bits per heavy atom. The van der Waals surface area contributed by atoms with Crippen LogP contribution in [0.1, 0.15) is 37.2 Å². The Kier molecular flexibility index (Phi) is 3.03. The molecule has 1 unspecified atom stereocenters. The van der Waals surface area contributed by atoms with Crippen molar-refractivity contribution in [1.29, 1.82) is 0 Å². The van der Waals surface area contributed by atoms with E-state index < -0.39 is 0 Å². The second-order valence-electron chi connectivity index (χ2n) is 4.22. The Morgan fingerprint density at radius 3 is 2.57 bits per heavy atom. The van der Waals surface area contributed by atoms with Gasteiger partial charge in [0.2, 0.25) is 0 Å². The molecule has 0 saturated heterocycles. The summed E-state index contributed by atoms with van der Waals surface area (Å²) in [4.78, 5) is 0. The van der Waals surface area contributed by atoms with E-state index in [2.05, 4.69) is 36.9 Å². The first-order valence-electron chi connectivity index (χ1n) is 5.57. The van der Waals surface area contributed by atoms with Gasteiger partial charge in [0.05, 0.1) is 0 Å². The Morgan fingerprint density at radius 2 is 2.00 bits per heavy atom. The van der Waals surface area contributed by atoms with Gasteiger partial charge in [-0.25, -0.2) is 0 Å². The molecule has 0 heterocycles. The maximum Gasteiger partial charge on any atom is -0.0131 e. The molecule has 0 radical (unpaired) electrons. The molecular weight excluding hydrogens is 168 g/mol. The summed E-state index contributed by atoms with van der Waals surface area (Å²) in [6.07, 6.45) is 7.32. The average Bonchev–Trinajstić information content (AvgIpc) is 3.04. The van der Waals surface area contributed by atoms with E-state index in [1.165, 1.54) is 24.8 Å². The standard InChI is InChI=1S/C14H18/c1-2-3-9-14(13-10-11-13)12-7-5-4-6-8-12/h2,4-8,13-14H,1,3,9-11H2. The second kappa shape index (κ2) is 4.45. The molecule has 0 aromatic heterocycles. The number of hydrogen-bond acceptors (Lipinski definition) is 0. The highest BCUT2D eigenvalue weighted by atomic mass is 14.4. The smallest absolute Gasteiger partial charge is 0.0131 e. The van der Waals surface area contributed by atoms with Crippen LogP contribution in [0.15, 0.2) is 43.0 Å². The van der Waals surface area contributed by atoms with Crippen LogP contribution in [0.25, 0.3) is 0 Å². The lowest BCUT2D eigenvalue weighted by Gasteiger charge is -2.15. The van der Waals surface area contributed by atoms with Crippen molar-refractivity contribution in [2.75, 3.05) is 0 Å². The van der Waals surface area contributed by atoms with E-state index in [0.29, 0.717) is 0 Å². The molecule has 1 atom stereocenters. The summed E-state index contributed by atoms with van der Waals surface area (Å²) in [6.45, 7) is 3.81. The Bertz CT molecular complexity index is 282. The van der Waals surface area contributed by atoms with Gasteiger partial charge in [0, 0.05) is 0 Å². The Hall–Kier alpha value is -1.04. The van der Waals surface area contributed by atoms with E-state index >= 15 is 0 Å². The molecule has 0 amide bonds. The van der Waals surface area contributed by atoms with E-state index in [1.807, 2.05) is 6.08 Å². The molecule has 1 saturated carbocycles. The average molecular weight is 186 g/mol. The van der Waals surface area contributed by atoms with Crippen molar-refractivity contribution < 1.29 is 0 Å². The van der Waals surface area contributed by atoms with Gasteiger partial charge >= 0.3 is 0 Å². The lowest BCUT2D eigenvalue weighted by Crippen LogP contribution is -2.00. The summed E-state index contributed by atoms with van der Waals surface area (Å²) in [6, 6.07) is 10.9. The predicted molar refractivity (Wildman–Crippen MR) is 61.3 cm³/mol. The largest absolute Gasteiger partial charge is 0.103 e. The monoisotopic (exact) mass is 186 g/mol. The maximum atomic E-state index is 3.81. The van der Waals surface area contributed by atoms with Crippen LogP contribution in [0.5, 0.6) is 0 Å². The van der Waals surface area contributed by atoms with Gasteiger partial charge < -0.3 is 0 Å². The molecular formula is C14H18. The molecule has 1 aromatic carbocycles. The lowest BCUT2D eigenvalue weighted by molar-refractivity contribution is 0.564. The molecule has 1 aromatic rings. The molecule has 14 heavy (non-hydrogen) atoms. The fourth-order valence-electron chi connectivity index (χ4n) is 2.17. The van der Waals surface area contributed by atoms with Crippen LogP contribution in [-0.4, -0.2) is 0 Å². The van der Waals surface area contributed by atoms with Crippen molar-refractivity contribution in [2.45, 2.75) is 31.6 Å². The number of allylic oxidation sites excluding steroid dienone is 1. The van der Waals surface area contributed by atoms with Crippen molar-refractivity contribution in [2.24, 2.45) is 5.92 Å². The topological polar surface area (TPSA) is 0 Å². The van der Waals surface area contributed by atoms with Gasteiger partial charge in [-0.2, -0.15) is 0 Å². The first kappa shape index (κ1) is 9.51. The van der Waals surface area contributed by atoms with Gasteiger partial charge in [-0.3, -0.25) is 0 Å². The van der Waals surface area contributed by atoms with Crippen molar-refractivity contribution in [1.82, 2.24) is 0 Å². The summed E-state index contributed by atoms with van der Waals surface area (Å²) in [5, 5.41) is 0. The third-order valence-electron chi connectivity index (χ3n) is 3.10. The predicted octanol–water partition coefficient (Wildman–Crippen LogP) is 4.15. The van der Waals surface area contributed by atoms with Crippen LogP contribution < -0.4 is 0 Å². The number of rotatable bonds is 5. The zero-order valence-corrected chi connectivity index (χ0v) is 8.65. The summed E-state index contributed by atoms with van der Waals surface area (Å²) in [5.74, 6) is 1.74. The zero-order valence-electron chi connectivity index (χ0n) is 8.65. The minimum Gasteiger partial charge on any atom is -0.103 e. The third kappa shape index (κ3) is 2.25. The van der Waals surface area contributed by atoms with E-state index in [4.69, 9.17) is 0 Å². The zero-order chi connectivity index (χ0) is 9.80. The lowest BCUT2D eigenvalue weighted by atomic mass is 9.90. The quantitative estimate of drug-likeness (QED) is 0.606. The fraction of sp³-hybridized carbons (Fsp3) is 0.429. The SMILES string of the molecule is C=CCCC(c1ccccc1)C1CC1. The molecule has 1 aliphatic rings. The van der Waals surface area contributed by atoms with Gasteiger partial charge in [0.1, 0.15) is 0 Å². The molecule has 0 nitrogen and oxygen atoms in total. The molecule has 0 N–H and O–H groups in total. The van der Waals surface area contributed by atoms with Crippen molar-refractivity contribution in [3.05, 3.63) is 48.6 Å². The van der Waals surface area contributed by atoms with E-state index in [1.54, 1.807) is 0 Å². The molecule has 0 aliphatic heterocycles. The molecule has 0 spiro atoms. The van der Waals surface area contributed by atoms with Gasteiger partial charge in [-0.1, -0.05) is 36.4 Å². The summed E-state index contributed by atoms with van der Waals surface area (Å²) < 4.78 is 0. The van der Waals surface area contributed by atoms with E-state index in [9.17, 15) is 0 Å². The van der Waals surface area contributed by atoms with Crippen LogP contribution in [0.3, 0.4) is 0 Å². The first-order valence-corrected chi connectivity index (χ1v) is 5.57. The molecule has 1 fully saturated rings. The highest BCUT2D eigenvalue weighted by molar-refractivity contribution is 5.21. The second-order valence-corrected chi connectivity index (χ2v) is 4.22. The maximum absolute atomic E-state index is 3.81. The minimum absolute atomic E-state index is 0.786. The van der Waals surface area contributed by atoms with Crippen LogP contribution in [0.2, 0.25) is 0 Å². The van der Waals surface area contributed by atoms with Crippen LogP contribution in [0.4, 0.5) is 0 Å². The van der Waals surface area contributed by atoms with Crippen LogP contribution in [0, 0.1) is 5.92 Å². The van der Waals surface area contributed by atoms with E-state index in [0.717, 1.165) is 18.3 Å². The third-order valence-corrected chi connectivity index (χ3v) is 3.10. The summed E-state index contributed by atoms with van der Waals surface area (Å²) in [7, 11) is 0. The van der Waals surface area contributed by atoms with Crippen molar-refractivity contribution in [3.63, 3.8) is 0 Å². The molecule has 0 bridgehead atoms. The molecule has 0 heteroatoms. The Labute approximate surface area is 86.7 Å². The van der Waals surface area contributed by atoms with Gasteiger partial charge in [-0.15, -0.1) is 6.58 Å².